The van der Waals surface area contributed by atoms with E-state index in [1.54, 1.807) is 12.1 Å². The van der Waals surface area contributed by atoms with E-state index in [0.29, 0.717) is 18.3 Å². The van der Waals surface area contributed by atoms with Crippen LogP contribution in [-0.4, -0.2) is 34.1 Å². The molecule has 28 heavy (non-hydrogen) atoms. The van der Waals surface area contributed by atoms with Crippen molar-refractivity contribution in [2.75, 3.05) is 18.4 Å². The maximum absolute atomic E-state index is 12.4. The molecule has 2 heterocycles. The lowest BCUT2D eigenvalue weighted by atomic mass is 10.2. The molecule has 9 nitrogen and oxygen atoms in total. The fourth-order valence-corrected chi connectivity index (χ4v) is 3.44. The number of rotatable bonds is 9. The van der Waals surface area contributed by atoms with E-state index in [1.165, 1.54) is 23.5 Å². The first-order valence-corrected chi connectivity index (χ1v) is 9.68. The van der Waals surface area contributed by atoms with Gasteiger partial charge in [0.1, 0.15) is 5.69 Å². The summed E-state index contributed by atoms with van der Waals surface area (Å²) < 4.78 is 5.70. The Labute approximate surface area is 165 Å². The first-order valence-electron chi connectivity index (χ1n) is 8.80. The number of nitrogens with zero attached hydrogens (tertiary/aromatic N) is 3. The number of nitro benzene ring substituents is 1. The minimum Gasteiger partial charge on any atom is -0.414 e. The van der Waals surface area contributed by atoms with E-state index in [9.17, 15) is 14.9 Å². The molecule has 0 bridgehead atoms. The van der Waals surface area contributed by atoms with Gasteiger partial charge in [-0.25, -0.2) is 0 Å². The Balaban J connectivity index is 1.64. The monoisotopic (exact) mass is 402 g/mol. The van der Waals surface area contributed by atoms with E-state index in [-0.39, 0.29) is 23.8 Å². The lowest BCUT2D eigenvalue weighted by molar-refractivity contribution is -0.907. The standard InChI is InChI=1S/C18H19N5O4S/c1-2-9-22(12-17-20-21-18(27-17)15-8-5-10-28-15)11-16(24)19-13-6-3-4-7-14(13)23(25)26/h3-8,10H,2,9,11-12H2,1H3,(H,19,24)/p+1. The molecule has 1 amide bonds. The molecule has 0 aliphatic rings. The summed E-state index contributed by atoms with van der Waals surface area (Å²) in [5.41, 5.74) is 0.0523. The van der Waals surface area contributed by atoms with E-state index in [1.807, 2.05) is 24.4 Å². The zero-order chi connectivity index (χ0) is 19.9. The van der Waals surface area contributed by atoms with Crippen LogP contribution in [0.3, 0.4) is 0 Å². The van der Waals surface area contributed by atoms with Crippen LogP contribution in [0.5, 0.6) is 0 Å². The molecule has 10 heteroatoms. The number of aromatic nitrogens is 2. The van der Waals surface area contributed by atoms with Gasteiger partial charge in [0.2, 0.25) is 0 Å². The van der Waals surface area contributed by atoms with E-state index in [2.05, 4.69) is 15.5 Å². The second-order valence-electron chi connectivity index (χ2n) is 6.15. The van der Waals surface area contributed by atoms with Gasteiger partial charge in [-0.05, 0) is 23.9 Å². The molecule has 2 N–H and O–H groups in total. The third-order valence-electron chi connectivity index (χ3n) is 3.99. The number of hydrogen-bond donors (Lipinski definition) is 2. The van der Waals surface area contributed by atoms with Gasteiger partial charge in [0.15, 0.2) is 13.1 Å². The molecular formula is C18H20N5O4S+. The highest BCUT2D eigenvalue weighted by atomic mass is 32.1. The van der Waals surface area contributed by atoms with Crippen molar-refractivity contribution in [2.45, 2.75) is 19.9 Å². The van der Waals surface area contributed by atoms with Crippen molar-refractivity contribution in [3.05, 3.63) is 57.8 Å². The predicted octanol–water partition coefficient (Wildman–Crippen LogP) is 2.14. The van der Waals surface area contributed by atoms with Crippen molar-refractivity contribution in [3.8, 4) is 10.8 Å². The minimum atomic E-state index is -0.517. The Morgan fingerprint density at radius 3 is 2.82 bits per heavy atom. The third kappa shape index (κ3) is 4.99. The summed E-state index contributed by atoms with van der Waals surface area (Å²) in [5.74, 6) is 0.603. The first kappa shape index (κ1) is 19.6. The quantitative estimate of drug-likeness (QED) is 0.418. The number of anilines is 1. The summed E-state index contributed by atoms with van der Waals surface area (Å²) in [7, 11) is 0. The molecule has 1 aromatic carbocycles. The van der Waals surface area contributed by atoms with Crippen LogP contribution >= 0.6 is 11.3 Å². The minimum absolute atomic E-state index is 0.134. The number of nitrogens with one attached hydrogen (secondary N) is 2. The number of carbonyl (C=O) groups is 1. The molecule has 0 saturated heterocycles. The van der Waals surface area contributed by atoms with Gasteiger partial charge in [0.05, 0.1) is 16.3 Å². The maximum Gasteiger partial charge on any atom is 0.292 e. The number of quaternary nitrogens is 1. The van der Waals surface area contributed by atoms with Crippen LogP contribution in [0.15, 0.2) is 46.2 Å². The number of hydrogen-bond acceptors (Lipinski definition) is 7. The number of benzene rings is 1. The molecule has 0 spiro atoms. The molecule has 0 saturated carbocycles. The topological polar surface area (TPSA) is 116 Å². The molecule has 1 atom stereocenters. The zero-order valence-electron chi connectivity index (χ0n) is 15.3. The van der Waals surface area contributed by atoms with Gasteiger partial charge in [0.25, 0.3) is 23.4 Å². The summed E-state index contributed by atoms with van der Waals surface area (Å²) in [6.45, 7) is 3.28. The Morgan fingerprint density at radius 1 is 1.29 bits per heavy atom. The summed E-state index contributed by atoms with van der Waals surface area (Å²) >= 11 is 1.51. The molecule has 0 aliphatic carbocycles. The van der Waals surface area contributed by atoms with Crippen molar-refractivity contribution < 1.29 is 19.0 Å². The molecule has 1 unspecified atom stereocenters. The average molecular weight is 402 g/mol. The number of amides is 1. The summed E-state index contributed by atoms with van der Waals surface area (Å²) in [5, 5.41) is 23.8. The Morgan fingerprint density at radius 2 is 2.11 bits per heavy atom. The van der Waals surface area contributed by atoms with Gasteiger partial charge in [-0.2, -0.15) is 0 Å². The first-order chi connectivity index (χ1) is 13.6. The van der Waals surface area contributed by atoms with Crippen LogP contribution in [0.4, 0.5) is 11.4 Å². The molecule has 2 aromatic heterocycles. The van der Waals surface area contributed by atoms with Gasteiger partial charge in [0, 0.05) is 6.07 Å². The largest absolute Gasteiger partial charge is 0.414 e. The van der Waals surface area contributed by atoms with E-state index >= 15 is 0 Å². The van der Waals surface area contributed by atoms with Gasteiger partial charge >= 0.3 is 0 Å². The highest BCUT2D eigenvalue weighted by Gasteiger charge is 2.21. The highest BCUT2D eigenvalue weighted by molar-refractivity contribution is 7.13. The van der Waals surface area contributed by atoms with Crippen molar-refractivity contribution in [3.63, 3.8) is 0 Å². The smallest absolute Gasteiger partial charge is 0.292 e. The van der Waals surface area contributed by atoms with Crippen LogP contribution in [0.2, 0.25) is 0 Å². The van der Waals surface area contributed by atoms with Crippen LogP contribution in [-0.2, 0) is 11.3 Å². The van der Waals surface area contributed by atoms with Crippen molar-refractivity contribution in [2.24, 2.45) is 0 Å². The number of carbonyl (C=O) groups excluding carboxylic acids is 1. The summed E-state index contributed by atoms with van der Waals surface area (Å²) in [6, 6.07) is 9.88. The number of thiophene rings is 1. The van der Waals surface area contributed by atoms with Crippen molar-refractivity contribution in [1.29, 1.82) is 0 Å². The van der Waals surface area contributed by atoms with Crippen LogP contribution < -0.4 is 10.2 Å². The molecule has 3 aromatic rings. The molecule has 3 rings (SSSR count). The summed E-state index contributed by atoms with van der Waals surface area (Å²) in [6.07, 6.45) is 0.861. The third-order valence-corrected chi connectivity index (χ3v) is 4.85. The van der Waals surface area contributed by atoms with Crippen molar-refractivity contribution in [1.82, 2.24) is 10.2 Å². The molecule has 146 valence electrons. The molecule has 0 fully saturated rings. The fraction of sp³-hybridized carbons (Fsp3) is 0.278. The van der Waals surface area contributed by atoms with E-state index < -0.39 is 4.92 Å². The second-order valence-corrected chi connectivity index (χ2v) is 7.10. The Bertz CT molecular complexity index is 941. The number of nitro groups is 1. The van der Waals surface area contributed by atoms with Gasteiger partial charge < -0.3 is 14.6 Å². The highest BCUT2D eigenvalue weighted by Crippen LogP contribution is 2.23. The van der Waals surface area contributed by atoms with Gasteiger partial charge in [-0.1, -0.05) is 25.1 Å². The van der Waals surface area contributed by atoms with Crippen molar-refractivity contribution >= 4 is 28.6 Å². The zero-order valence-corrected chi connectivity index (χ0v) is 16.1. The van der Waals surface area contributed by atoms with Crippen LogP contribution in [0.1, 0.15) is 19.2 Å². The lowest BCUT2D eigenvalue weighted by Gasteiger charge is -2.16. The van der Waals surface area contributed by atoms with Gasteiger partial charge in [-0.3, -0.25) is 14.9 Å². The van der Waals surface area contributed by atoms with E-state index in [0.717, 1.165) is 22.7 Å². The second kappa shape index (κ2) is 9.20. The molecular weight excluding hydrogens is 382 g/mol. The predicted molar refractivity (Wildman–Crippen MR) is 104 cm³/mol. The summed E-state index contributed by atoms with van der Waals surface area (Å²) in [4.78, 5) is 24.8. The average Bonchev–Trinajstić information content (AvgIpc) is 3.33. The Kier molecular flexibility index (Phi) is 6.45. The Hall–Kier alpha value is -3.11. The maximum atomic E-state index is 12.4. The lowest BCUT2D eigenvalue weighted by Crippen LogP contribution is -3.11. The van der Waals surface area contributed by atoms with Crippen LogP contribution in [0.25, 0.3) is 10.8 Å². The SMILES string of the molecule is CCC[NH+](CC(=O)Nc1ccccc1[N+](=O)[O-])Cc1nnc(-c2cccs2)o1. The van der Waals surface area contributed by atoms with Gasteiger partial charge in [-0.15, -0.1) is 21.5 Å². The number of para-hydroxylation sites is 2. The van der Waals surface area contributed by atoms with Crippen LogP contribution in [0, 0.1) is 10.1 Å². The normalized spacial score (nSPS) is 11.9. The molecule has 0 aliphatic heterocycles. The fourth-order valence-electron chi connectivity index (χ4n) is 2.79. The molecule has 0 radical (unpaired) electrons. The van der Waals surface area contributed by atoms with E-state index in [4.69, 9.17) is 4.42 Å².